The summed E-state index contributed by atoms with van der Waals surface area (Å²) in [4.78, 5) is 28.8. The van der Waals surface area contributed by atoms with Crippen LogP contribution in [0.1, 0.15) is 16.8 Å². The lowest BCUT2D eigenvalue weighted by molar-refractivity contribution is 0.0951. The number of methoxy groups -OCH3 is 1. The molecule has 0 fully saturated rings. The number of hydrogen-bond donors (Lipinski definition) is 3. The molecule has 0 unspecified atom stereocenters. The standard InChI is InChI=1S/C28H25N5O4/c1-36-28-21(6-3-12-31-28)18-8-10-25(34)22(15-18)26-32-23-9-7-19(16-24(23)33-26)27(35)30-13-4-14-37-20-5-2-11-29-17-20/h2-3,5-12,15-17,34H,4,13-14H2,1H3,(H,30,35)(H,32,33). The number of benzene rings is 2. The number of carbonyl (C=O) groups is 1. The van der Waals surface area contributed by atoms with Crippen LogP contribution in [0, 0.1) is 0 Å². The molecule has 186 valence electrons. The molecule has 0 bridgehead atoms. The molecule has 0 aliphatic carbocycles. The van der Waals surface area contributed by atoms with Gasteiger partial charge in [-0.25, -0.2) is 9.97 Å². The van der Waals surface area contributed by atoms with E-state index in [1.54, 1.807) is 56.0 Å². The van der Waals surface area contributed by atoms with Gasteiger partial charge in [-0.3, -0.25) is 9.78 Å². The summed E-state index contributed by atoms with van der Waals surface area (Å²) in [6.45, 7) is 0.951. The van der Waals surface area contributed by atoms with Gasteiger partial charge in [-0.05, 0) is 66.6 Å². The molecule has 0 saturated heterocycles. The number of H-pyrrole nitrogens is 1. The van der Waals surface area contributed by atoms with E-state index in [1.165, 1.54) is 0 Å². The van der Waals surface area contributed by atoms with E-state index in [2.05, 4.69) is 25.3 Å². The van der Waals surface area contributed by atoms with E-state index in [0.29, 0.717) is 59.2 Å². The highest BCUT2D eigenvalue weighted by Crippen LogP contribution is 2.35. The van der Waals surface area contributed by atoms with E-state index in [4.69, 9.17) is 9.47 Å². The second-order valence-electron chi connectivity index (χ2n) is 8.26. The molecule has 5 rings (SSSR count). The van der Waals surface area contributed by atoms with Crippen LogP contribution in [-0.2, 0) is 0 Å². The van der Waals surface area contributed by atoms with Crippen molar-refractivity contribution in [2.75, 3.05) is 20.3 Å². The molecule has 1 amide bonds. The number of nitrogens with one attached hydrogen (secondary N) is 2. The Morgan fingerprint density at radius 1 is 1.05 bits per heavy atom. The summed E-state index contributed by atoms with van der Waals surface area (Å²) in [6.07, 6.45) is 5.66. The lowest BCUT2D eigenvalue weighted by Gasteiger charge is -2.09. The Morgan fingerprint density at radius 2 is 1.95 bits per heavy atom. The number of aromatic nitrogens is 4. The maximum atomic E-state index is 12.7. The van der Waals surface area contributed by atoms with Gasteiger partial charge in [0.25, 0.3) is 5.91 Å². The first kappa shape index (κ1) is 23.8. The third-order valence-electron chi connectivity index (χ3n) is 5.78. The summed E-state index contributed by atoms with van der Waals surface area (Å²) in [5.74, 6) is 1.57. The number of rotatable bonds is 9. The first-order valence-electron chi connectivity index (χ1n) is 11.8. The normalized spacial score (nSPS) is 10.8. The van der Waals surface area contributed by atoms with Gasteiger partial charge >= 0.3 is 0 Å². The number of nitrogens with zero attached hydrogens (tertiary/aromatic N) is 3. The molecule has 0 aliphatic rings. The molecule has 3 N–H and O–H groups in total. The molecule has 3 aromatic heterocycles. The van der Waals surface area contributed by atoms with Crippen molar-refractivity contribution in [1.82, 2.24) is 25.3 Å². The Labute approximate surface area is 213 Å². The first-order chi connectivity index (χ1) is 18.1. The van der Waals surface area contributed by atoms with Crippen molar-refractivity contribution in [2.24, 2.45) is 0 Å². The monoisotopic (exact) mass is 495 g/mol. The Kier molecular flexibility index (Phi) is 6.93. The Hall–Kier alpha value is -4.92. The fourth-order valence-electron chi connectivity index (χ4n) is 3.94. The molecule has 9 nitrogen and oxygen atoms in total. The second-order valence-corrected chi connectivity index (χ2v) is 8.26. The molecule has 5 aromatic rings. The van der Waals surface area contributed by atoms with Crippen LogP contribution in [0.5, 0.6) is 17.4 Å². The fourth-order valence-corrected chi connectivity index (χ4v) is 3.94. The van der Waals surface area contributed by atoms with Crippen LogP contribution in [-0.4, -0.2) is 51.2 Å². The van der Waals surface area contributed by atoms with Crippen molar-refractivity contribution in [2.45, 2.75) is 6.42 Å². The Bertz CT molecular complexity index is 1530. The smallest absolute Gasteiger partial charge is 0.251 e. The quantitative estimate of drug-likeness (QED) is 0.255. The highest BCUT2D eigenvalue weighted by atomic mass is 16.5. The predicted octanol–water partition coefficient (Wildman–Crippen LogP) is 4.60. The molecule has 3 heterocycles. The van der Waals surface area contributed by atoms with Crippen molar-refractivity contribution in [1.29, 1.82) is 0 Å². The predicted molar refractivity (Wildman–Crippen MR) is 140 cm³/mol. The van der Waals surface area contributed by atoms with E-state index in [9.17, 15) is 9.90 Å². The maximum Gasteiger partial charge on any atom is 0.251 e. The largest absolute Gasteiger partial charge is 0.507 e. The van der Waals surface area contributed by atoms with Crippen molar-refractivity contribution in [3.63, 3.8) is 0 Å². The number of amides is 1. The summed E-state index contributed by atoms with van der Waals surface area (Å²) in [7, 11) is 1.57. The molecule has 0 saturated carbocycles. The highest BCUT2D eigenvalue weighted by Gasteiger charge is 2.15. The highest BCUT2D eigenvalue weighted by molar-refractivity contribution is 5.97. The molecule has 0 spiro atoms. The average molecular weight is 496 g/mol. The van der Waals surface area contributed by atoms with Crippen LogP contribution in [0.2, 0.25) is 0 Å². The molecule has 9 heteroatoms. The number of carbonyl (C=O) groups excluding carboxylic acids is 1. The number of imidazole rings is 1. The summed E-state index contributed by atoms with van der Waals surface area (Å²) < 4.78 is 11.0. The number of hydrogen-bond acceptors (Lipinski definition) is 7. The van der Waals surface area contributed by atoms with Gasteiger partial charge in [0, 0.05) is 30.1 Å². The summed E-state index contributed by atoms with van der Waals surface area (Å²) in [5, 5.41) is 13.5. The number of aromatic amines is 1. The number of phenolic OH excluding ortho intramolecular Hbond substituents is 1. The number of pyridine rings is 2. The van der Waals surface area contributed by atoms with E-state index in [-0.39, 0.29) is 11.7 Å². The second kappa shape index (κ2) is 10.8. The minimum atomic E-state index is -0.187. The summed E-state index contributed by atoms with van der Waals surface area (Å²) in [5.41, 5.74) is 4.03. The van der Waals surface area contributed by atoms with Crippen LogP contribution in [0.3, 0.4) is 0 Å². The van der Waals surface area contributed by atoms with Crippen LogP contribution in [0.25, 0.3) is 33.5 Å². The molecule has 37 heavy (non-hydrogen) atoms. The number of ether oxygens (including phenoxy) is 2. The van der Waals surface area contributed by atoms with Gasteiger partial charge in [0.05, 0.1) is 36.5 Å². The van der Waals surface area contributed by atoms with Crippen molar-refractivity contribution < 1.29 is 19.4 Å². The van der Waals surface area contributed by atoms with Gasteiger partial charge in [-0.1, -0.05) is 6.07 Å². The number of fused-ring (bicyclic) bond motifs is 1. The molecule has 0 radical (unpaired) electrons. The lowest BCUT2D eigenvalue weighted by Crippen LogP contribution is -2.25. The zero-order valence-electron chi connectivity index (χ0n) is 20.1. The topological polar surface area (TPSA) is 122 Å². The van der Waals surface area contributed by atoms with Crippen molar-refractivity contribution in [3.05, 3.63) is 84.8 Å². The van der Waals surface area contributed by atoms with E-state index in [1.807, 2.05) is 30.3 Å². The third-order valence-corrected chi connectivity index (χ3v) is 5.78. The maximum absolute atomic E-state index is 12.7. The van der Waals surface area contributed by atoms with Crippen molar-refractivity contribution in [3.8, 4) is 39.9 Å². The summed E-state index contributed by atoms with van der Waals surface area (Å²) in [6, 6.07) is 17.9. The van der Waals surface area contributed by atoms with Gasteiger partial charge in [0.1, 0.15) is 17.3 Å². The molecule has 0 aliphatic heterocycles. The zero-order chi connectivity index (χ0) is 25.6. The molecular weight excluding hydrogens is 470 g/mol. The van der Waals surface area contributed by atoms with Crippen LogP contribution in [0.4, 0.5) is 0 Å². The van der Waals surface area contributed by atoms with E-state index in [0.717, 1.165) is 11.1 Å². The van der Waals surface area contributed by atoms with Gasteiger partial charge in [-0.15, -0.1) is 0 Å². The lowest BCUT2D eigenvalue weighted by atomic mass is 10.0. The zero-order valence-corrected chi connectivity index (χ0v) is 20.1. The fraction of sp³-hybridized carbons (Fsp3) is 0.143. The molecule has 2 aromatic carbocycles. The molecule has 0 atom stereocenters. The Morgan fingerprint density at radius 3 is 2.78 bits per heavy atom. The third kappa shape index (κ3) is 5.35. The van der Waals surface area contributed by atoms with E-state index < -0.39 is 0 Å². The number of phenols is 1. The van der Waals surface area contributed by atoms with Crippen LogP contribution >= 0.6 is 0 Å². The molecular formula is C28H25N5O4. The van der Waals surface area contributed by atoms with Gasteiger partial charge in [0.15, 0.2) is 0 Å². The van der Waals surface area contributed by atoms with E-state index >= 15 is 0 Å². The number of aromatic hydroxyl groups is 1. The minimum Gasteiger partial charge on any atom is -0.507 e. The summed E-state index contributed by atoms with van der Waals surface area (Å²) >= 11 is 0. The SMILES string of the molecule is COc1ncccc1-c1ccc(O)c(-c2nc3ccc(C(=O)NCCCOc4cccnc4)cc3[nH]2)c1. The first-order valence-corrected chi connectivity index (χ1v) is 11.8. The van der Waals surface area contributed by atoms with Crippen LogP contribution in [0.15, 0.2) is 79.3 Å². The van der Waals surface area contributed by atoms with Crippen LogP contribution < -0.4 is 14.8 Å². The van der Waals surface area contributed by atoms with Gasteiger partial charge in [-0.2, -0.15) is 0 Å². The minimum absolute atomic E-state index is 0.0807. The van der Waals surface area contributed by atoms with Crippen molar-refractivity contribution >= 4 is 16.9 Å². The van der Waals surface area contributed by atoms with Gasteiger partial charge in [0.2, 0.25) is 5.88 Å². The van der Waals surface area contributed by atoms with Gasteiger partial charge < -0.3 is 24.9 Å². The average Bonchev–Trinajstić information content (AvgIpc) is 3.37. The Balaban J connectivity index is 1.29.